The van der Waals surface area contributed by atoms with Gasteiger partial charge in [0.05, 0.1) is 0 Å². The van der Waals surface area contributed by atoms with E-state index >= 15 is 0 Å². The molecule has 0 radical (unpaired) electrons. The van der Waals surface area contributed by atoms with Gasteiger partial charge in [0.1, 0.15) is 17.2 Å². The fraction of sp³-hybridized carbons (Fsp3) is 0.417. The van der Waals surface area contributed by atoms with E-state index in [9.17, 15) is 22.0 Å². The minimum Gasteiger partial charge on any atom is -0.480 e. The van der Waals surface area contributed by atoms with Gasteiger partial charge in [-0.1, -0.05) is 13.0 Å². The van der Waals surface area contributed by atoms with Crippen molar-refractivity contribution < 1.29 is 27.1 Å². The fourth-order valence-electron chi connectivity index (χ4n) is 1.81. The molecule has 0 unspecified atom stereocenters. The van der Waals surface area contributed by atoms with Crippen LogP contribution >= 0.6 is 0 Å². The summed E-state index contributed by atoms with van der Waals surface area (Å²) in [6.45, 7) is 3.45. The molecule has 112 valence electrons. The Balaban J connectivity index is 3.53. The highest BCUT2D eigenvalue weighted by Crippen LogP contribution is 2.28. The molecule has 0 heterocycles. The summed E-state index contributed by atoms with van der Waals surface area (Å²) < 4.78 is 52.5. The van der Waals surface area contributed by atoms with Crippen molar-refractivity contribution >= 4 is 16.0 Å². The molecule has 0 aromatic heterocycles. The Morgan fingerprint density at radius 1 is 1.30 bits per heavy atom. The quantitative estimate of drug-likeness (QED) is 0.900. The van der Waals surface area contributed by atoms with E-state index in [0.29, 0.717) is 4.31 Å². The molecule has 0 saturated heterocycles. The van der Waals surface area contributed by atoms with Crippen LogP contribution in [0.15, 0.2) is 23.1 Å². The molecule has 0 aliphatic heterocycles. The van der Waals surface area contributed by atoms with Crippen LogP contribution in [-0.4, -0.2) is 35.9 Å². The largest absolute Gasteiger partial charge is 0.480 e. The molecule has 0 fully saturated rings. The van der Waals surface area contributed by atoms with Crippen LogP contribution in [-0.2, 0) is 14.8 Å². The molecule has 0 aliphatic rings. The topological polar surface area (TPSA) is 74.7 Å². The predicted octanol–water partition coefficient (Wildman–Crippen LogP) is 1.84. The minimum atomic E-state index is -4.61. The van der Waals surface area contributed by atoms with E-state index in [2.05, 4.69) is 0 Å². The molecular formula is C12H15F2NO4S. The molecule has 1 N–H and O–H groups in total. The number of aliphatic carboxylic acids is 1. The molecule has 0 bridgehead atoms. The first kappa shape index (κ1) is 16.5. The third-order valence-electron chi connectivity index (χ3n) is 2.90. The average Bonchev–Trinajstić information content (AvgIpc) is 2.27. The molecule has 8 heteroatoms. The Kier molecular flexibility index (Phi) is 4.50. The third-order valence-corrected chi connectivity index (χ3v) is 5.10. The van der Waals surface area contributed by atoms with Crippen LogP contribution < -0.4 is 0 Å². The summed E-state index contributed by atoms with van der Waals surface area (Å²) in [7, 11) is -4.61. The van der Waals surface area contributed by atoms with Gasteiger partial charge in [-0.05, 0) is 26.0 Å². The smallest absolute Gasteiger partial charge is 0.324 e. The number of benzene rings is 1. The monoisotopic (exact) mass is 307 g/mol. The average molecular weight is 307 g/mol. The zero-order valence-electron chi connectivity index (χ0n) is 11.2. The van der Waals surface area contributed by atoms with E-state index in [0.717, 1.165) is 32.0 Å². The van der Waals surface area contributed by atoms with E-state index in [1.807, 2.05) is 0 Å². The molecule has 0 atom stereocenters. The number of carbonyl (C=O) groups is 1. The van der Waals surface area contributed by atoms with Crippen molar-refractivity contribution in [1.82, 2.24) is 4.31 Å². The van der Waals surface area contributed by atoms with Crippen LogP contribution in [0.1, 0.15) is 20.8 Å². The van der Waals surface area contributed by atoms with E-state index in [4.69, 9.17) is 5.11 Å². The molecule has 0 aliphatic carbocycles. The van der Waals surface area contributed by atoms with E-state index in [1.165, 1.54) is 6.92 Å². The highest BCUT2D eigenvalue weighted by Gasteiger charge is 2.43. The van der Waals surface area contributed by atoms with Gasteiger partial charge in [-0.15, -0.1) is 0 Å². The van der Waals surface area contributed by atoms with Gasteiger partial charge in [-0.3, -0.25) is 4.79 Å². The lowest BCUT2D eigenvalue weighted by Crippen LogP contribution is -2.53. The summed E-state index contributed by atoms with van der Waals surface area (Å²) in [6, 6.07) is 2.64. The van der Waals surface area contributed by atoms with Crippen molar-refractivity contribution in [3.8, 4) is 0 Å². The number of carboxylic acid groups (broad SMARTS) is 1. The first-order valence-corrected chi connectivity index (χ1v) is 7.21. The van der Waals surface area contributed by atoms with Gasteiger partial charge in [0.25, 0.3) is 0 Å². The Morgan fingerprint density at radius 3 is 2.10 bits per heavy atom. The Hall–Kier alpha value is -1.54. The second-order valence-electron chi connectivity index (χ2n) is 4.58. The van der Waals surface area contributed by atoms with Gasteiger partial charge < -0.3 is 5.11 Å². The lowest BCUT2D eigenvalue weighted by atomic mass is 10.1. The Morgan fingerprint density at radius 2 is 1.75 bits per heavy atom. The molecular weight excluding hydrogens is 292 g/mol. The molecule has 5 nitrogen and oxygen atoms in total. The highest BCUT2D eigenvalue weighted by molar-refractivity contribution is 7.89. The number of halogens is 2. The van der Waals surface area contributed by atoms with Crippen LogP contribution in [0.5, 0.6) is 0 Å². The SMILES string of the molecule is CCN(C(C)(C)C(=O)O)S(=O)(=O)c1c(F)cccc1F. The van der Waals surface area contributed by atoms with Gasteiger partial charge in [-0.2, -0.15) is 4.31 Å². The van der Waals surface area contributed by atoms with Crippen LogP contribution in [0.3, 0.4) is 0 Å². The second-order valence-corrected chi connectivity index (χ2v) is 6.38. The lowest BCUT2D eigenvalue weighted by Gasteiger charge is -2.33. The van der Waals surface area contributed by atoms with Crippen molar-refractivity contribution in [1.29, 1.82) is 0 Å². The first-order valence-electron chi connectivity index (χ1n) is 5.77. The van der Waals surface area contributed by atoms with Crippen LogP contribution in [0, 0.1) is 11.6 Å². The van der Waals surface area contributed by atoms with E-state index < -0.39 is 38.1 Å². The number of likely N-dealkylation sites (N-methyl/N-ethyl adjacent to an activating group) is 1. The first-order chi connectivity index (χ1) is 9.06. The molecule has 0 saturated carbocycles. The van der Waals surface area contributed by atoms with Crippen molar-refractivity contribution in [3.05, 3.63) is 29.8 Å². The fourth-order valence-corrected chi connectivity index (χ4v) is 3.68. The Labute approximate surface area is 115 Å². The van der Waals surface area contributed by atoms with Crippen molar-refractivity contribution in [3.63, 3.8) is 0 Å². The summed E-state index contributed by atoms with van der Waals surface area (Å²) in [6.07, 6.45) is 0. The summed E-state index contributed by atoms with van der Waals surface area (Å²) in [5.41, 5.74) is -1.83. The molecule has 0 spiro atoms. The summed E-state index contributed by atoms with van der Waals surface area (Å²) in [5.74, 6) is -3.94. The van der Waals surface area contributed by atoms with Crippen molar-refractivity contribution in [2.45, 2.75) is 31.2 Å². The number of hydrogen-bond donors (Lipinski definition) is 1. The predicted molar refractivity (Wildman–Crippen MR) is 67.6 cm³/mol. The molecule has 1 rings (SSSR count). The standard InChI is InChI=1S/C12H15F2NO4S/c1-4-15(12(2,3)11(16)17)20(18,19)10-8(13)6-5-7-9(10)14/h5-7H,4H2,1-3H3,(H,16,17). The maximum absolute atomic E-state index is 13.6. The molecule has 1 aromatic rings. The molecule has 1 aromatic carbocycles. The number of nitrogens with zero attached hydrogens (tertiary/aromatic N) is 1. The normalized spacial score (nSPS) is 12.7. The van der Waals surface area contributed by atoms with E-state index in [1.54, 1.807) is 0 Å². The number of rotatable bonds is 5. The second kappa shape index (κ2) is 5.45. The molecule has 0 amide bonds. The van der Waals surface area contributed by atoms with Crippen molar-refractivity contribution in [2.24, 2.45) is 0 Å². The maximum Gasteiger partial charge on any atom is 0.324 e. The van der Waals surface area contributed by atoms with Gasteiger partial charge >= 0.3 is 5.97 Å². The van der Waals surface area contributed by atoms with Crippen LogP contribution in [0.25, 0.3) is 0 Å². The maximum atomic E-state index is 13.6. The summed E-state index contributed by atoms with van der Waals surface area (Å²) in [5, 5.41) is 9.10. The third kappa shape index (κ3) is 2.66. The zero-order valence-corrected chi connectivity index (χ0v) is 12.0. The van der Waals surface area contributed by atoms with Gasteiger partial charge in [0.15, 0.2) is 4.90 Å². The minimum absolute atomic E-state index is 0.241. The number of hydrogen-bond acceptors (Lipinski definition) is 3. The van der Waals surface area contributed by atoms with Crippen molar-refractivity contribution in [2.75, 3.05) is 6.54 Å². The number of sulfonamides is 1. The van der Waals surface area contributed by atoms with Crippen LogP contribution in [0.2, 0.25) is 0 Å². The highest BCUT2D eigenvalue weighted by atomic mass is 32.2. The molecule has 20 heavy (non-hydrogen) atoms. The zero-order chi connectivity index (χ0) is 15.7. The summed E-state index contributed by atoms with van der Waals surface area (Å²) >= 11 is 0. The number of carboxylic acids is 1. The summed E-state index contributed by atoms with van der Waals surface area (Å²) in [4.78, 5) is 10.0. The van der Waals surface area contributed by atoms with Gasteiger partial charge in [-0.25, -0.2) is 17.2 Å². The van der Waals surface area contributed by atoms with Crippen LogP contribution in [0.4, 0.5) is 8.78 Å². The van der Waals surface area contributed by atoms with Gasteiger partial charge in [0, 0.05) is 6.54 Å². The van der Waals surface area contributed by atoms with Gasteiger partial charge in [0.2, 0.25) is 10.0 Å². The lowest BCUT2D eigenvalue weighted by molar-refractivity contribution is -0.146. The Bertz CT molecular complexity index is 608. The van der Waals surface area contributed by atoms with E-state index in [-0.39, 0.29) is 6.54 Å².